The van der Waals surface area contributed by atoms with Crippen molar-refractivity contribution in [2.75, 3.05) is 13.1 Å². The monoisotopic (exact) mass is 337 g/mol. The molecule has 0 spiro atoms. The van der Waals surface area contributed by atoms with Crippen LogP contribution in [0.1, 0.15) is 36.7 Å². The molecule has 3 rings (SSSR count). The van der Waals surface area contributed by atoms with Crippen molar-refractivity contribution in [3.63, 3.8) is 0 Å². The first-order chi connectivity index (χ1) is 12.1. The van der Waals surface area contributed by atoms with E-state index in [-0.39, 0.29) is 11.9 Å². The van der Waals surface area contributed by atoms with Crippen LogP contribution in [0.5, 0.6) is 0 Å². The van der Waals surface area contributed by atoms with Gasteiger partial charge in [-0.25, -0.2) is 9.67 Å². The van der Waals surface area contributed by atoms with Crippen LogP contribution in [-0.4, -0.2) is 33.8 Å². The molecule has 3 N–H and O–H groups in total. The summed E-state index contributed by atoms with van der Waals surface area (Å²) in [5.41, 5.74) is 8.55. The minimum Gasteiger partial charge on any atom is -0.352 e. The number of benzene rings is 1. The highest BCUT2D eigenvalue weighted by Crippen LogP contribution is 2.26. The van der Waals surface area contributed by atoms with Crippen LogP contribution in [0.3, 0.4) is 0 Å². The molecule has 0 aliphatic rings. The SMILES string of the molecule is CC(C)n1ncc2c(C(=O)NCCCN)cc(-c3ccccc3)nc21. The second-order valence-electron chi connectivity index (χ2n) is 6.24. The quantitative estimate of drug-likeness (QED) is 0.677. The molecule has 0 saturated carbocycles. The normalized spacial score (nSPS) is 11.2. The maximum Gasteiger partial charge on any atom is 0.252 e. The standard InChI is InChI=1S/C19H23N5O/c1-13(2)24-18-16(12-22-24)15(19(25)21-10-6-9-20)11-17(23-18)14-7-4-3-5-8-14/h3-5,7-8,11-13H,6,9-10,20H2,1-2H3,(H,21,25). The van der Waals surface area contributed by atoms with E-state index in [1.54, 1.807) is 6.20 Å². The van der Waals surface area contributed by atoms with E-state index in [1.807, 2.05) is 54.9 Å². The number of aromatic nitrogens is 3. The van der Waals surface area contributed by atoms with Crippen molar-refractivity contribution in [3.05, 3.63) is 48.2 Å². The van der Waals surface area contributed by atoms with Crippen LogP contribution in [-0.2, 0) is 0 Å². The van der Waals surface area contributed by atoms with Crippen LogP contribution in [0, 0.1) is 0 Å². The van der Waals surface area contributed by atoms with Gasteiger partial charge in [0.1, 0.15) is 0 Å². The number of amides is 1. The van der Waals surface area contributed by atoms with Gasteiger partial charge in [0.05, 0.1) is 22.8 Å². The Balaban J connectivity index is 2.12. The van der Waals surface area contributed by atoms with E-state index in [0.717, 1.165) is 28.7 Å². The van der Waals surface area contributed by atoms with E-state index in [2.05, 4.69) is 10.4 Å². The van der Waals surface area contributed by atoms with Crippen LogP contribution in [0.25, 0.3) is 22.3 Å². The van der Waals surface area contributed by atoms with Crippen molar-refractivity contribution in [2.24, 2.45) is 5.73 Å². The average molecular weight is 337 g/mol. The summed E-state index contributed by atoms with van der Waals surface area (Å²) in [6.07, 6.45) is 2.46. The molecule has 0 aliphatic carbocycles. The predicted octanol–water partition coefficient (Wildman–Crippen LogP) is 2.76. The molecule has 25 heavy (non-hydrogen) atoms. The van der Waals surface area contributed by atoms with E-state index >= 15 is 0 Å². The molecule has 130 valence electrons. The highest BCUT2D eigenvalue weighted by atomic mass is 16.1. The zero-order valence-electron chi connectivity index (χ0n) is 14.6. The molecule has 0 bridgehead atoms. The Labute approximate surface area is 147 Å². The van der Waals surface area contributed by atoms with Gasteiger partial charge in [0.15, 0.2) is 5.65 Å². The molecule has 1 amide bonds. The number of carbonyl (C=O) groups is 1. The van der Waals surface area contributed by atoms with Crippen molar-refractivity contribution in [1.82, 2.24) is 20.1 Å². The fourth-order valence-electron chi connectivity index (χ4n) is 2.74. The summed E-state index contributed by atoms with van der Waals surface area (Å²) in [7, 11) is 0. The largest absolute Gasteiger partial charge is 0.352 e. The summed E-state index contributed by atoms with van der Waals surface area (Å²) in [4.78, 5) is 17.4. The molecule has 0 atom stereocenters. The first-order valence-electron chi connectivity index (χ1n) is 8.53. The third kappa shape index (κ3) is 3.53. The van der Waals surface area contributed by atoms with Crippen molar-refractivity contribution in [1.29, 1.82) is 0 Å². The van der Waals surface area contributed by atoms with Gasteiger partial charge in [0.25, 0.3) is 5.91 Å². The van der Waals surface area contributed by atoms with Gasteiger partial charge in [-0.1, -0.05) is 30.3 Å². The minimum absolute atomic E-state index is 0.124. The van der Waals surface area contributed by atoms with Crippen molar-refractivity contribution in [2.45, 2.75) is 26.3 Å². The third-order valence-corrected chi connectivity index (χ3v) is 4.04. The summed E-state index contributed by atoms with van der Waals surface area (Å²) in [5, 5.41) is 8.11. The molecular formula is C19H23N5O. The van der Waals surface area contributed by atoms with Gasteiger partial charge in [-0.15, -0.1) is 0 Å². The minimum atomic E-state index is -0.124. The van der Waals surface area contributed by atoms with Crippen molar-refractivity contribution in [3.8, 4) is 11.3 Å². The van der Waals surface area contributed by atoms with Gasteiger partial charge in [0.2, 0.25) is 0 Å². The second-order valence-corrected chi connectivity index (χ2v) is 6.24. The number of hydrogen-bond acceptors (Lipinski definition) is 4. The maximum absolute atomic E-state index is 12.7. The maximum atomic E-state index is 12.7. The average Bonchev–Trinajstić information content (AvgIpc) is 3.06. The van der Waals surface area contributed by atoms with Crippen LogP contribution in [0.4, 0.5) is 0 Å². The molecule has 0 unspecified atom stereocenters. The van der Waals surface area contributed by atoms with E-state index in [4.69, 9.17) is 10.7 Å². The second kappa shape index (κ2) is 7.44. The number of nitrogens with two attached hydrogens (primary N) is 1. The van der Waals surface area contributed by atoms with Gasteiger partial charge >= 0.3 is 0 Å². The summed E-state index contributed by atoms with van der Waals surface area (Å²) in [6, 6.07) is 11.8. The number of fused-ring (bicyclic) bond motifs is 1. The Hall–Kier alpha value is -2.73. The van der Waals surface area contributed by atoms with Crippen LogP contribution < -0.4 is 11.1 Å². The zero-order valence-corrected chi connectivity index (χ0v) is 14.6. The summed E-state index contributed by atoms with van der Waals surface area (Å²) >= 11 is 0. The van der Waals surface area contributed by atoms with E-state index < -0.39 is 0 Å². The Kier molecular flexibility index (Phi) is 5.09. The van der Waals surface area contributed by atoms with Crippen LogP contribution in [0.2, 0.25) is 0 Å². The Morgan fingerprint density at radius 3 is 2.72 bits per heavy atom. The van der Waals surface area contributed by atoms with Gasteiger partial charge in [0, 0.05) is 18.2 Å². The number of carbonyl (C=O) groups excluding carboxylic acids is 1. The Morgan fingerprint density at radius 2 is 2.04 bits per heavy atom. The zero-order chi connectivity index (χ0) is 17.8. The smallest absolute Gasteiger partial charge is 0.252 e. The summed E-state index contributed by atoms with van der Waals surface area (Å²) in [6.45, 7) is 5.19. The number of pyridine rings is 1. The lowest BCUT2D eigenvalue weighted by atomic mass is 10.1. The number of nitrogens with zero attached hydrogens (tertiary/aromatic N) is 3. The highest BCUT2D eigenvalue weighted by molar-refractivity contribution is 6.06. The third-order valence-electron chi connectivity index (χ3n) is 4.04. The fraction of sp³-hybridized carbons (Fsp3) is 0.316. The van der Waals surface area contributed by atoms with Crippen LogP contribution in [0.15, 0.2) is 42.6 Å². The van der Waals surface area contributed by atoms with E-state index in [9.17, 15) is 4.79 Å². The Bertz CT molecular complexity index is 870. The number of nitrogens with one attached hydrogen (secondary N) is 1. The van der Waals surface area contributed by atoms with Gasteiger partial charge in [-0.05, 0) is 32.9 Å². The van der Waals surface area contributed by atoms with Gasteiger partial charge in [-0.2, -0.15) is 5.10 Å². The molecule has 0 saturated heterocycles. The highest BCUT2D eigenvalue weighted by Gasteiger charge is 2.18. The molecular weight excluding hydrogens is 314 g/mol. The molecule has 0 radical (unpaired) electrons. The first-order valence-corrected chi connectivity index (χ1v) is 8.53. The molecule has 3 aromatic rings. The van der Waals surface area contributed by atoms with E-state index in [1.165, 1.54) is 0 Å². The number of hydrogen-bond donors (Lipinski definition) is 2. The fourth-order valence-corrected chi connectivity index (χ4v) is 2.74. The molecule has 1 aromatic carbocycles. The summed E-state index contributed by atoms with van der Waals surface area (Å²) < 4.78 is 1.85. The number of rotatable bonds is 6. The van der Waals surface area contributed by atoms with Crippen molar-refractivity contribution < 1.29 is 4.79 Å². The molecule has 0 fully saturated rings. The van der Waals surface area contributed by atoms with Crippen molar-refractivity contribution >= 4 is 16.9 Å². The topological polar surface area (TPSA) is 85.8 Å². The van der Waals surface area contributed by atoms with Gasteiger partial charge < -0.3 is 11.1 Å². The lowest BCUT2D eigenvalue weighted by molar-refractivity contribution is 0.0955. The lowest BCUT2D eigenvalue weighted by Gasteiger charge is -2.11. The molecule has 0 aliphatic heterocycles. The molecule has 6 heteroatoms. The molecule has 2 heterocycles. The summed E-state index contributed by atoms with van der Waals surface area (Å²) in [5.74, 6) is -0.124. The Morgan fingerprint density at radius 1 is 1.28 bits per heavy atom. The first kappa shape index (κ1) is 17.1. The van der Waals surface area contributed by atoms with Gasteiger partial charge in [-0.3, -0.25) is 4.79 Å². The molecule has 6 nitrogen and oxygen atoms in total. The van der Waals surface area contributed by atoms with Crippen LogP contribution >= 0.6 is 0 Å². The predicted molar refractivity (Wildman–Crippen MR) is 99.4 cm³/mol. The molecule has 2 aromatic heterocycles. The van der Waals surface area contributed by atoms with E-state index in [0.29, 0.717) is 18.7 Å². The lowest BCUT2D eigenvalue weighted by Crippen LogP contribution is -2.26.